The van der Waals surface area contributed by atoms with Crippen molar-refractivity contribution in [3.8, 4) is 28.1 Å². The third kappa shape index (κ3) is 5.16. The maximum absolute atomic E-state index is 13.5. The molecule has 11 nitrogen and oxygen atoms in total. The average molecular weight is 556 g/mol. The van der Waals surface area contributed by atoms with E-state index in [4.69, 9.17) is 10.5 Å². The maximum Gasteiger partial charge on any atom is 0.287 e. The number of aromatic nitrogens is 6. The van der Waals surface area contributed by atoms with Crippen molar-refractivity contribution in [3.63, 3.8) is 0 Å². The van der Waals surface area contributed by atoms with Gasteiger partial charge in [-0.1, -0.05) is 12.1 Å². The summed E-state index contributed by atoms with van der Waals surface area (Å²) in [5.41, 5.74) is 8.86. The minimum Gasteiger partial charge on any atom is -0.496 e. The number of nitrogens with one attached hydrogen (secondary N) is 1. The Morgan fingerprint density at radius 3 is 2.67 bits per heavy atom. The van der Waals surface area contributed by atoms with Gasteiger partial charge in [0.2, 0.25) is 6.30 Å². The SMILES string of the molecule is CC=CN1CCC(n2cc(-c3nn4ncnc(N)c4c3-c3ccc(C(=O)NC(F)C(F)F)c(OC)c3)cn2)CC1. The van der Waals surface area contributed by atoms with Crippen LogP contribution < -0.4 is 15.8 Å². The monoisotopic (exact) mass is 555 g/mol. The van der Waals surface area contributed by atoms with Crippen molar-refractivity contribution < 1.29 is 22.7 Å². The van der Waals surface area contributed by atoms with E-state index in [1.807, 2.05) is 23.9 Å². The van der Waals surface area contributed by atoms with Crippen molar-refractivity contribution in [2.24, 2.45) is 0 Å². The number of fused-ring (bicyclic) bond motifs is 1. The molecule has 5 rings (SSSR count). The highest BCUT2D eigenvalue weighted by molar-refractivity contribution is 6.00. The normalized spacial score (nSPS) is 15.3. The quantitative estimate of drug-likeness (QED) is 0.315. The van der Waals surface area contributed by atoms with Crippen LogP contribution in [0.25, 0.3) is 27.9 Å². The number of allylic oxidation sites excluding steroid dienone is 1. The lowest BCUT2D eigenvalue weighted by molar-refractivity contribution is 0.0286. The maximum atomic E-state index is 13.5. The van der Waals surface area contributed by atoms with E-state index in [1.165, 1.54) is 30.2 Å². The number of nitrogens with two attached hydrogens (primary N) is 1. The molecule has 0 spiro atoms. The number of carbonyl (C=O) groups is 1. The van der Waals surface area contributed by atoms with Gasteiger partial charge in [-0.2, -0.15) is 5.10 Å². The molecule has 0 bridgehead atoms. The molecule has 3 N–H and O–H groups in total. The van der Waals surface area contributed by atoms with E-state index in [1.54, 1.807) is 17.6 Å². The van der Waals surface area contributed by atoms with Gasteiger partial charge < -0.3 is 20.7 Å². The highest BCUT2D eigenvalue weighted by Gasteiger charge is 2.27. The van der Waals surface area contributed by atoms with Crippen molar-refractivity contribution in [1.29, 1.82) is 0 Å². The molecule has 4 heterocycles. The number of alkyl halides is 3. The predicted molar refractivity (Wildman–Crippen MR) is 141 cm³/mol. The molecule has 1 saturated heterocycles. The van der Waals surface area contributed by atoms with Gasteiger partial charge in [0.25, 0.3) is 12.3 Å². The van der Waals surface area contributed by atoms with Gasteiger partial charge in [-0.05, 0) is 43.7 Å². The van der Waals surface area contributed by atoms with E-state index in [-0.39, 0.29) is 23.2 Å². The Balaban J connectivity index is 1.53. The zero-order chi connectivity index (χ0) is 28.4. The number of likely N-dealkylation sites (tertiary alicyclic amines) is 1. The molecule has 0 saturated carbocycles. The molecule has 3 aromatic heterocycles. The van der Waals surface area contributed by atoms with Gasteiger partial charge in [-0.3, -0.25) is 9.48 Å². The Hall–Kier alpha value is -4.62. The zero-order valence-corrected chi connectivity index (χ0v) is 21.8. The molecule has 1 aliphatic rings. The van der Waals surface area contributed by atoms with Crippen LogP contribution in [0.3, 0.4) is 0 Å². The summed E-state index contributed by atoms with van der Waals surface area (Å²) in [4.78, 5) is 18.8. The molecule has 1 atom stereocenters. The fourth-order valence-corrected chi connectivity index (χ4v) is 4.87. The lowest BCUT2D eigenvalue weighted by Gasteiger charge is -2.31. The number of halogens is 3. The largest absolute Gasteiger partial charge is 0.496 e. The smallest absolute Gasteiger partial charge is 0.287 e. The summed E-state index contributed by atoms with van der Waals surface area (Å²) in [6.07, 6.45) is 4.76. The zero-order valence-electron chi connectivity index (χ0n) is 21.8. The van der Waals surface area contributed by atoms with Gasteiger partial charge in [-0.15, -0.1) is 14.8 Å². The number of rotatable bonds is 8. The number of hydrogen-bond acceptors (Lipinski definition) is 8. The number of ether oxygens (including phenoxy) is 1. The van der Waals surface area contributed by atoms with Crippen LogP contribution in [-0.2, 0) is 0 Å². The van der Waals surface area contributed by atoms with Crippen LogP contribution in [0.5, 0.6) is 5.75 Å². The van der Waals surface area contributed by atoms with Gasteiger partial charge in [0.05, 0.1) is 24.9 Å². The van der Waals surface area contributed by atoms with E-state index in [2.05, 4.69) is 31.4 Å². The van der Waals surface area contributed by atoms with Crippen molar-refractivity contribution in [3.05, 3.63) is 54.8 Å². The van der Waals surface area contributed by atoms with Gasteiger partial charge in [0.15, 0.2) is 5.82 Å². The molecular formula is C26H28F3N9O2. The van der Waals surface area contributed by atoms with Gasteiger partial charge in [-0.25, -0.2) is 18.2 Å². The first-order valence-corrected chi connectivity index (χ1v) is 12.6. The molecule has 40 heavy (non-hydrogen) atoms. The summed E-state index contributed by atoms with van der Waals surface area (Å²) in [6.45, 7) is 3.85. The average Bonchev–Trinajstić information content (AvgIpc) is 3.59. The third-order valence-electron chi connectivity index (χ3n) is 6.80. The number of amides is 1. The number of piperidine rings is 1. The molecule has 4 aromatic rings. The molecule has 1 unspecified atom stereocenters. The van der Waals surface area contributed by atoms with Crippen LogP contribution in [0.2, 0.25) is 0 Å². The fourth-order valence-electron chi connectivity index (χ4n) is 4.87. The van der Waals surface area contributed by atoms with Crippen LogP contribution in [0.1, 0.15) is 36.2 Å². The van der Waals surface area contributed by atoms with Crippen LogP contribution >= 0.6 is 0 Å². The molecule has 0 aliphatic carbocycles. The van der Waals surface area contributed by atoms with Gasteiger partial charge in [0.1, 0.15) is 23.3 Å². The molecule has 210 valence electrons. The van der Waals surface area contributed by atoms with Crippen LogP contribution in [0.4, 0.5) is 19.0 Å². The first kappa shape index (κ1) is 27.0. The van der Waals surface area contributed by atoms with Crippen molar-refractivity contribution in [2.75, 3.05) is 25.9 Å². The first-order chi connectivity index (χ1) is 19.3. The van der Waals surface area contributed by atoms with E-state index >= 15 is 0 Å². The van der Waals surface area contributed by atoms with Gasteiger partial charge in [0, 0.05) is 30.4 Å². The van der Waals surface area contributed by atoms with Crippen molar-refractivity contribution in [1.82, 2.24) is 39.8 Å². The Morgan fingerprint density at radius 2 is 1.98 bits per heavy atom. The topological polar surface area (TPSA) is 128 Å². The molecular weight excluding hydrogens is 527 g/mol. The van der Waals surface area contributed by atoms with Gasteiger partial charge >= 0.3 is 0 Å². The lowest BCUT2D eigenvalue weighted by atomic mass is 9.99. The second-order valence-corrected chi connectivity index (χ2v) is 9.29. The molecule has 1 aliphatic heterocycles. The van der Waals surface area contributed by atoms with E-state index in [0.29, 0.717) is 27.9 Å². The lowest BCUT2D eigenvalue weighted by Crippen LogP contribution is -2.36. The minimum atomic E-state index is -3.36. The first-order valence-electron chi connectivity index (χ1n) is 12.6. The number of hydrogen-bond donors (Lipinski definition) is 2. The summed E-state index contributed by atoms with van der Waals surface area (Å²) in [6, 6.07) is 4.68. The standard InChI is InChI=1S/C26H28F3N9O2/c1-3-8-36-9-6-17(7-10-36)37-13-16(12-32-37)21-20(22-25(30)31-14-33-38(22)35-21)15-4-5-18(19(11-15)40-2)26(39)34-24(29)23(27)28/h3-5,8,11-14,17,23-24H,6-7,9-10H2,1-2H3,(H,34,39)(H2,30,31,33). The molecule has 1 fully saturated rings. The Labute approximate surface area is 227 Å². The molecule has 1 aromatic carbocycles. The molecule has 1 amide bonds. The van der Waals surface area contributed by atoms with Crippen LogP contribution in [0, 0.1) is 0 Å². The van der Waals surface area contributed by atoms with E-state index in [0.717, 1.165) is 25.9 Å². The number of benzene rings is 1. The van der Waals surface area contributed by atoms with Crippen LogP contribution in [-0.4, -0.2) is 73.3 Å². The van der Waals surface area contributed by atoms with Crippen molar-refractivity contribution >= 4 is 17.2 Å². The molecule has 14 heteroatoms. The number of carbonyl (C=O) groups excluding carboxylic acids is 1. The number of anilines is 1. The predicted octanol–water partition coefficient (Wildman–Crippen LogP) is 3.71. The number of methoxy groups -OCH3 is 1. The molecule has 0 radical (unpaired) electrons. The minimum absolute atomic E-state index is 0.0424. The highest BCUT2D eigenvalue weighted by Crippen LogP contribution is 2.39. The Morgan fingerprint density at radius 1 is 1.20 bits per heavy atom. The van der Waals surface area contributed by atoms with E-state index < -0.39 is 18.6 Å². The number of nitrogens with zero attached hydrogens (tertiary/aromatic N) is 7. The van der Waals surface area contributed by atoms with E-state index in [9.17, 15) is 18.0 Å². The summed E-state index contributed by atoms with van der Waals surface area (Å²) in [5.74, 6) is -0.827. The fraction of sp³-hybridized carbons (Fsp3) is 0.346. The highest BCUT2D eigenvalue weighted by atomic mass is 19.3. The summed E-state index contributed by atoms with van der Waals surface area (Å²) in [7, 11) is 1.32. The second-order valence-electron chi connectivity index (χ2n) is 9.29. The Bertz CT molecular complexity index is 1540. The third-order valence-corrected chi connectivity index (χ3v) is 6.80. The summed E-state index contributed by atoms with van der Waals surface area (Å²) >= 11 is 0. The summed E-state index contributed by atoms with van der Waals surface area (Å²) in [5, 5.41) is 15.1. The van der Waals surface area contributed by atoms with Crippen molar-refractivity contribution in [2.45, 2.75) is 38.5 Å². The summed E-state index contributed by atoms with van der Waals surface area (Å²) < 4.78 is 47.4. The van der Waals surface area contributed by atoms with Crippen LogP contribution in [0.15, 0.2) is 49.2 Å². The Kier molecular flexibility index (Phi) is 7.58. The second kappa shape index (κ2) is 11.2. The number of nitrogen functional groups attached to an aromatic ring is 1.